The van der Waals surface area contributed by atoms with Gasteiger partial charge in [0.05, 0.1) is 31.3 Å². The number of halogens is 1. The lowest BCUT2D eigenvalue weighted by Gasteiger charge is -2.07. The van der Waals surface area contributed by atoms with E-state index in [1.807, 2.05) is 0 Å². The smallest absolute Gasteiger partial charge is 0.379 e. The molecule has 0 aliphatic carbocycles. The minimum atomic E-state index is -4.64. The van der Waals surface area contributed by atoms with Crippen LogP contribution in [-0.4, -0.2) is 74.2 Å². The molecule has 0 aromatic carbocycles. The van der Waals surface area contributed by atoms with Gasteiger partial charge in [-0.05, 0) is 18.5 Å². The fourth-order valence-electron chi connectivity index (χ4n) is 1.42. The Kier molecular flexibility index (Phi) is 8.18. The fourth-order valence-corrected chi connectivity index (χ4v) is 2.93. The molecule has 1 rings (SSSR count). The molecule has 0 radical (unpaired) electrons. The molecule has 0 saturated carbocycles. The lowest BCUT2D eigenvalue weighted by Crippen LogP contribution is -2.21. The van der Waals surface area contributed by atoms with Crippen molar-refractivity contribution in [3.63, 3.8) is 0 Å². The molecule has 0 bridgehead atoms. The van der Waals surface area contributed by atoms with Crippen molar-refractivity contribution in [2.75, 3.05) is 43.2 Å². The van der Waals surface area contributed by atoms with Crippen LogP contribution in [-0.2, 0) is 29.2 Å². The third kappa shape index (κ3) is 9.89. The number of anilines is 1. The second-order valence-electron chi connectivity index (χ2n) is 4.42. The summed E-state index contributed by atoms with van der Waals surface area (Å²) in [6, 6.07) is 0. The number of rotatable bonds is 11. The highest BCUT2D eigenvalue weighted by Crippen LogP contribution is 2.04. The number of hydrogen-bond acceptors (Lipinski definition) is 10. The first-order valence-corrected chi connectivity index (χ1v) is 10.2. The summed E-state index contributed by atoms with van der Waals surface area (Å²) >= 11 is 5.67. The summed E-state index contributed by atoms with van der Waals surface area (Å²) in [5.41, 5.74) is 0. The summed E-state index contributed by atoms with van der Waals surface area (Å²) in [4.78, 5) is 11.6. The third-order valence-electron chi connectivity index (χ3n) is 2.41. The van der Waals surface area contributed by atoms with E-state index in [4.69, 9.17) is 20.9 Å². The summed E-state index contributed by atoms with van der Waals surface area (Å²) in [5, 5.41) is 2.90. The van der Waals surface area contributed by atoms with Gasteiger partial charge in [0.25, 0.3) is 0 Å². The van der Waals surface area contributed by atoms with Crippen LogP contribution in [0.1, 0.15) is 5.82 Å². The maximum Gasteiger partial charge on any atom is 0.397 e. The maximum atomic E-state index is 11.6. The van der Waals surface area contributed by atoms with Crippen molar-refractivity contribution in [3.8, 4) is 0 Å². The molecule has 24 heavy (non-hydrogen) atoms. The molecule has 138 valence electrons. The van der Waals surface area contributed by atoms with Crippen molar-refractivity contribution in [2.45, 2.75) is 6.92 Å². The van der Waals surface area contributed by atoms with Crippen LogP contribution in [0, 0.1) is 6.92 Å². The molecular weight excluding hydrogens is 388 g/mol. The quantitative estimate of drug-likeness (QED) is 0.361. The van der Waals surface area contributed by atoms with Crippen molar-refractivity contribution < 1.29 is 30.3 Å². The molecule has 0 spiro atoms. The van der Waals surface area contributed by atoms with E-state index >= 15 is 0 Å². The summed E-state index contributed by atoms with van der Waals surface area (Å²) in [5.74, 6) is -0.113. The van der Waals surface area contributed by atoms with Crippen molar-refractivity contribution in [1.82, 2.24) is 15.0 Å². The van der Waals surface area contributed by atoms with Gasteiger partial charge in [-0.2, -0.15) is 18.4 Å². The van der Waals surface area contributed by atoms with Gasteiger partial charge in [-0.25, -0.2) is 17.6 Å². The van der Waals surface area contributed by atoms with Gasteiger partial charge in [0, 0.05) is 6.54 Å². The number of sulfone groups is 1. The van der Waals surface area contributed by atoms with Crippen LogP contribution in [0.4, 0.5) is 5.95 Å². The monoisotopic (exact) mass is 404 g/mol. The number of nitrogens with zero attached hydrogens (tertiary/aromatic N) is 3. The van der Waals surface area contributed by atoms with E-state index in [-0.39, 0.29) is 30.2 Å². The predicted octanol–water partition coefficient (Wildman–Crippen LogP) is -0.504. The largest absolute Gasteiger partial charge is 0.397 e. The van der Waals surface area contributed by atoms with E-state index in [2.05, 4.69) is 24.5 Å². The molecule has 0 fully saturated rings. The van der Waals surface area contributed by atoms with Gasteiger partial charge in [-0.1, -0.05) is 0 Å². The summed E-state index contributed by atoms with van der Waals surface area (Å²) in [7, 11) is -8.19. The van der Waals surface area contributed by atoms with E-state index in [1.165, 1.54) is 0 Å². The average molecular weight is 405 g/mol. The van der Waals surface area contributed by atoms with Gasteiger partial charge in [-0.3, -0.25) is 4.55 Å². The lowest BCUT2D eigenvalue weighted by molar-refractivity contribution is 0.159. The Labute approximate surface area is 144 Å². The standard InChI is InChI=1S/C10H17ClN4O7S2/c1-8-13-9(11)15-10(14-8)12-2-3-21-4-6-23(16,17)7-5-22-24(18,19)20/h2-7H2,1H3,(H,18,19,20)(H,12,13,14,15). The molecule has 0 aliphatic rings. The predicted molar refractivity (Wildman–Crippen MR) is 85.0 cm³/mol. The molecule has 0 unspecified atom stereocenters. The highest BCUT2D eigenvalue weighted by molar-refractivity contribution is 7.91. The number of ether oxygens (including phenoxy) is 1. The Morgan fingerprint density at radius 2 is 1.75 bits per heavy atom. The molecule has 14 heteroatoms. The van der Waals surface area contributed by atoms with Crippen LogP contribution in [0.2, 0.25) is 5.28 Å². The van der Waals surface area contributed by atoms with Crippen molar-refractivity contribution in [1.29, 1.82) is 0 Å². The molecule has 2 N–H and O–H groups in total. The second kappa shape index (κ2) is 9.39. The van der Waals surface area contributed by atoms with Gasteiger partial charge in [0.1, 0.15) is 5.82 Å². The van der Waals surface area contributed by atoms with Crippen LogP contribution in [0.5, 0.6) is 0 Å². The van der Waals surface area contributed by atoms with Gasteiger partial charge in [0.15, 0.2) is 9.84 Å². The number of nitrogens with one attached hydrogen (secondary N) is 1. The summed E-state index contributed by atoms with van der Waals surface area (Å²) < 4.78 is 61.1. The highest BCUT2D eigenvalue weighted by Gasteiger charge is 2.13. The van der Waals surface area contributed by atoms with Gasteiger partial charge >= 0.3 is 10.4 Å². The lowest BCUT2D eigenvalue weighted by atomic mass is 10.6. The van der Waals surface area contributed by atoms with Crippen LogP contribution in [0.15, 0.2) is 0 Å². The highest BCUT2D eigenvalue weighted by atomic mass is 35.5. The Morgan fingerprint density at radius 3 is 2.38 bits per heavy atom. The third-order valence-corrected chi connectivity index (χ3v) is 4.63. The Balaban J connectivity index is 2.19. The zero-order valence-electron chi connectivity index (χ0n) is 12.7. The second-order valence-corrected chi connectivity index (χ2v) is 8.15. The normalized spacial score (nSPS) is 12.3. The van der Waals surface area contributed by atoms with Gasteiger partial charge in [0.2, 0.25) is 11.2 Å². The minimum Gasteiger partial charge on any atom is -0.379 e. The molecule has 0 aliphatic heterocycles. The topological polar surface area (TPSA) is 158 Å². The first-order chi connectivity index (χ1) is 11.1. The number of aromatic nitrogens is 3. The Hall–Kier alpha value is -1.12. The summed E-state index contributed by atoms with van der Waals surface area (Å²) in [6.07, 6.45) is 0. The minimum absolute atomic E-state index is 0.0594. The van der Waals surface area contributed by atoms with E-state index in [0.717, 1.165) is 0 Å². The SMILES string of the molecule is Cc1nc(Cl)nc(NCCOCCS(=O)(=O)CCOS(=O)(=O)O)n1. The molecule has 0 amide bonds. The molecular formula is C10H17ClN4O7S2. The van der Waals surface area contributed by atoms with Crippen LogP contribution in [0.3, 0.4) is 0 Å². The number of hydrogen-bond donors (Lipinski definition) is 2. The zero-order valence-corrected chi connectivity index (χ0v) is 15.1. The molecule has 1 heterocycles. The van der Waals surface area contributed by atoms with Crippen molar-refractivity contribution >= 4 is 37.8 Å². The van der Waals surface area contributed by atoms with E-state index in [1.54, 1.807) is 6.92 Å². The molecule has 0 atom stereocenters. The van der Waals surface area contributed by atoms with E-state index in [9.17, 15) is 16.8 Å². The zero-order chi connectivity index (χ0) is 18.2. The molecule has 1 aromatic heterocycles. The number of aryl methyl sites for hydroxylation is 1. The van der Waals surface area contributed by atoms with Crippen LogP contribution in [0.25, 0.3) is 0 Å². The fraction of sp³-hybridized carbons (Fsp3) is 0.700. The molecule has 0 saturated heterocycles. The van der Waals surface area contributed by atoms with E-state index < -0.39 is 32.6 Å². The summed E-state index contributed by atoms with van der Waals surface area (Å²) in [6.45, 7) is 1.45. The Morgan fingerprint density at radius 1 is 1.08 bits per heavy atom. The van der Waals surface area contributed by atoms with Crippen LogP contribution >= 0.6 is 11.6 Å². The van der Waals surface area contributed by atoms with Gasteiger partial charge in [-0.15, -0.1) is 0 Å². The van der Waals surface area contributed by atoms with E-state index in [0.29, 0.717) is 12.4 Å². The molecule has 1 aromatic rings. The first-order valence-electron chi connectivity index (χ1n) is 6.59. The van der Waals surface area contributed by atoms with Crippen LogP contribution < -0.4 is 5.32 Å². The maximum absolute atomic E-state index is 11.6. The van der Waals surface area contributed by atoms with Crippen molar-refractivity contribution in [2.24, 2.45) is 0 Å². The van der Waals surface area contributed by atoms with Crippen molar-refractivity contribution in [3.05, 3.63) is 11.1 Å². The Bertz CT molecular complexity index is 721. The first kappa shape index (κ1) is 20.9. The van der Waals surface area contributed by atoms with Gasteiger partial charge < -0.3 is 10.1 Å². The average Bonchev–Trinajstić information content (AvgIpc) is 2.39. The molecule has 11 nitrogen and oxygen atoms in total.